The first-order valence-electron chi connectivity index (χ1n) is 2.72. The minimum atomic E-state index is 0.452. The molecule has 0 aliphatic carbocycles. The van der Waals surface area contributed by atoms with Crippen molar-refractivity contribution >= 4 is 28.0 Å². The summed E-state index contributed by atoms with van der Waals surface area (Å²) in [6, 6.07) is 0. The Morgan fingerprint density at radius 1 is 1.27 bits per heavy atom. The van der Waals surface area contributed by atoms with E-state index in [0.29, 0.717) is 5.13 Å². The standard InChI is InChI=1S/C4H3N5S2/c5-4-8-7-3(11-4)2-1-10-9-6-2/h1H,(H2,5,8). The maximum absolute atomic E-state index is 5.38. The predicted molar refractivity (Wildman–Crippen MR) is 43.2 cm³/mol. The van der Waals surface area contributed by atoms with Gasteiger partial charge < -0.3 is 5.73 Å². The predicted octanol–water partition coefficient (Wildman–Crippen LogP) is 0.639. The van der Waals surface area contributed by atoms with Crippen LogP contribution in [0.4, 0.5) is 5.13 Å². The topological polar surface area (TPSA) is 77.6 Å². The van der Waals surface area contributed by atoms with Crippen LogP contribution in [0.1, 0.15) is 0 Å². The highest BCUT2D eigenvalue weighted by atomic mass is 32.1. The highest BCUT2D eigenvalue weighted by Crippen LogP contribution is 2.22. The lowest BCUT2D eigenvalue weighted by molar-refractivity contribution is 1.08. The molecule has 2 rings (SSSR count). The Morgan fingerprint density at radius 2 is 2.18 bits per heavy atom. The highest BCUT2D eigenvalue weighted by molar-refractivity contribution is 7.18. The lowest BCUT2D eigenvalue weighted by Gasteiger charge is -1.78. The molecule has 5 nitrogen and oxygen atoms in total. The van der Waals surface area contributed by atoms with Crippen LogP contribution in [0.15, 0.2) is 5.38 Å². The largest absolute Gasteiger partial charge is 0.374 e. The van der Waals surface area contributed by atoms with Gasteiger partial charge in [0.1, 0.15) is 5.69 Å². The summed E-state index contributed by atoms with van der Waals surface area (Å²) < 4.78 is 3.70. The first-order valence-corrected chi connectivity index (χ1v) is 4.38. The Labute approximate surface area is 70.1 Å². The van der Waals surface area contributed by atoms with E-state index < -0.39 is 0 Å². The highest BCUT2D eigenvalue weighted by Gasteiger charge is 2.05. The van der Waals surface area contributed by atoms with Gasteiger partial charge in [-0.1, -0.05) is 15.8 Å². The van der Waals surface area contributed by atoms with Gasteiger partial charge >= 0.3 is 0 Å². The van der Waals surface area contributed by atoms with Gasteiger partial charge in [0.2, 0.25) is 5.13 Å². The molecule has 2 aromatic heterocycles. The maximum Gasteiger partial charge on any atom is 0.203 e. The van der Waals surface area contributed by atoms with Crippen molar-refractivity contribution in [3.8, 4) is 10.7 Å². The van der Waals surface area contributed by atoms with Gasteiger partial charge in [-0.15, -0.1) is 15.3 Å². The number of nitrogens with two attached hydrogens (primary N) is 1. The number of rotatable bonds is 1. The second kappa shape index (κ2) is 2.51. The molecule has 11 heavy (non-hydrogen) atoms. The van der Waals surface area contributed by atoms with E-state index in [1.165, 1.54) is 22.9 Å². The van der Waals surface area contributed by atoms with E-state index in [4.69, 9.17) is 5.73 Å². The summed E-state index contributed by atoms with van der Waals surface area (Å²) in [5, 5.41) is 14.3. The number of nitrogens with zero attached hydrogens (tertiary/aromatic N) is 4. The van der Waals surface area contributed by atoms with Crippen molar-refractivity contribution in [2.24, 2.45) is 0 Å². The second-order valence-electron chi connectivity index (χ2n) is 1.74. The molecule has 0 radical (unpaired) electrons. The lowest BCUT2D eigenvalue weighted by Crippen LogP contribution is -1.80. The fraction of sp³-hybridized carbons (Fsp3) is 0. The summed E-state index contributed by atoms with van der Waals surface area (Å²) in [6.07, 6.45) is 0. The van der Waals surface area contributed by atoms with Gasteiger partial charge in [-0.05, 0) is 11.5 Å². The Kier molecular flexibility index (Phi) is 1.51. The van der Waals surface area contributed by atoms with Crippen LogP contribution in [0.2, 0.25) is 0 Å². The fourth-order valence-electron chi connectivity index (χ4n) is 0.596. The van der Waals surface area contributed by atoms with Crippen molar-refractivity contribution in [1.29, 1.82) is 0 Å². The van der Waals surface area contributed by atoms with Gasteiger partial charge in [0, 0.05) is 5.38 Å². The second-order valence-corrected chi connectivity index (χ2v) is 3.35. The van der Waals surface area contributed by atoms with Crippen LogP contribution in [0.3, 0.4) is 0 Å². The van der Waals surface area contributed by atoms with Crippen LogP contribution in [0, 0.1) is 0 Å². The number of aromatic nitrogens is 4. The van der Waals surface area contributed by atoms with Crippen molar-refractivity contribution in [2.75, 3.05) is 5.73 Å². The van der Waals surface area contributed by atoms with E-state index in [1.54, 1.807) is 5.38 Å². The molecule has 0 aromatic carbocycles. The molecule has 0 unspecified atom stereocenters. The number of hydrogen-bond acceptors (Lipinski definition) is 7. The Morgan fingerprint density at radius 3 is 2.73 bits per heavy atom. The molecule has 0 bridgehead atoms. The quantitative estimate of drug-likeness (QED) is 0.705. The smallest absolute Gasteiger partial charge is 0.203 e. The summed E-state index contributed by atoms with van der Waals surface area (Å²) >= 11 is 2.59. The molecule has 56 valence electrons. The minimum Gasteiger partial charge on any atom is -0.374 e. The van der Waals surface area contributed by atoms with Crippen LogP contribution in [0.5, 0.6) is 0 Å². The number of anilines is 1. The van der Waals surface area contributed by atoms with E-state index in [1.807, 2.05) is 0 Å². The van der Waals surface area contributed by atoms with Gasteiger partial charge in [0.25, 0.3) is 0 Å². The molecule has 0 saturated heterocycles. The van der Waals surface area contributed by atoms with Crippen molar-refractivity contribution in [2.45, 2.75) is 0 Å². The molecule has 0 saturated carbocycles. The number of nitrogen functional groups attached to an aromatic ring is 1. The van der Waals surface area contributed by atoms with Crippen molar-refractivity contribution in [1.82, 2.24) is 19.8 Å². The third-order valence-corrected chi connectivity index (χ3v) is 2.30. The summed E-state index contributed by atoms with van der Waals surface area (Å²) in [5.41, 5.74) is 6.12. The van der Waals surface area contributed by atoms with Gasteiger partial charge in [-0.3, -0.25) is 0 Å². The monoisotopic (exact) mass is 185 g/mol. The average molecular weight is 185 g/mol. The van der Waals surface area contributed by atoms with Crippen LogP contribution in [0.25, 0.3) is 10.7 Å². The maximum atomic E-state index is 5.38. The molecular weight excluding hydrogens is 182 g/mol. The van der Waals surface area contributed by atoms with Crippen molar-refractivity contribution < 1.29 is 0 Å². The zero-order chi connectivity index (χ0) is 7.68. The summed E-state index contributed by atoms with van der Waals surface area (Å²) in [6.45, 7) is 0. The van der Waals surface area contributed by atoms with Crippen LogP contribution in [-0.2, 0) is 0 Å². The van der Waals surface area contributed by atoms with E-state index >= 15 is 0 Å². The van der Waals surface area contributed by atoms with E-state index in [0.717, 1.165) is 10.7 Å². The van der Waals surface area contributed by atoms with Gasteiger partial charge in [-0.2, -0.15) is 0 Å². The Hall–Kier alpha value is -1.08. The van der Waals surface area contributed by atoms with E-state index in [9.17, 15) is 0 Å². The summed E-state index contributed by atoms with van der Waals surface area (Å²) in [4.78, 5) is 0. The molecule has 2 aromatic rings. The molecule has 0 spiro atoms. The van der Waals surface area contributed by atoms with E-state index in [2.05, 4.69) is 19.8 Å². The van der Waals surface area contributed by atoms with Crippen molar-refractivity contribution in [3.05, 3.63) is 5.38 Å². The molecule has 0 atom stereocenters. The molecule has 0 aliphatic heterocycles. The molecule has 2 heterocycles. The molecule has 0 aliphatic rings. The molecule has 7 heteroatoms. The minimum absolute atomic E-state index is 0.452. The molecular formula is C4H3N5S2. The lowest BCUT2D eigenvalue weighted by atomic mass is 10.5. The van der Waals surface area contributed by atoms with Crippen molar-refractivity contribution in [3.63, 3.8) is 0 Å². The van der Waals surface area contributed by atoms with Crippen LogP contribution in [-0.4, -0.2) is 19.8 Å². The zero-order valence-electron chi connectivity index (χ0n) is 5.26. The third-order valence-electron chi connectivity index (χ3n) is 1.02. The first kappa shape index (κ1) is 6.62. The molecule has 0 amide bonds. The van der Waals surface area contributed by atoms with Gasteiger partial charge in [0.05, 0.1) is 0 Å². The third kappa shape index (κ3) is 1.19. The zero-order valence-corrected chi connectivity index (χ0v) is 6.89. The Bertz CT molecular complexity index is 339. The molecule has 0 fully saturated rings. The first-order chi connectivity index (χ1) is 5.36. The van der Waals surface area contributed by atoms with Crippen LogP contribution < -0.4 is 5.73 Å². The van der Waals surface area contributed by atoms with E-state index in [-0.39, 0.29) is 0 Å². The fourth-order valence-corrected chi connectivity index (χ4v) is 1.68. The normalized spacial score (nSPS) is 10.2. The SMILES string of the molecule is Nc1nnc(-c2csnn2)s1. The summed E-state index contributed by atoms with van der Waals surface area (Å²) in [7, 11) is 0. The van der Waals surface area contributed by atoms with Crippen LogP contribution >= 0.6 is 22.9 Å². The van der Waals surface area contributed by atoms with Gasteiger partial charge in [0.15, 0.2) is 5.01 Å². The average Bonchev–Trinajstić information content (AvgIpc) is 2.55. The summed E-state index contributed by atoms with van der Waals surface area (Å²) in [5.74, 6) is 0. The Balaban J connectivity index is 2.45. The van der Waals surface area contributed by atoms with Gasteiger partial charge in [-0.25, -0.2) is 0 Å². The number of hydrogen-bond donors (Lipinski definition) is 1. The molecule has 2 N–H and O–H groups in total.